The zero-order valence-corrected chi connectivity index (χ0v) is 50.1. The molecule has 1 heterocycles. The van der Waals surface area contributed by atoms with Crippen LogP contribution in [0.15, 0.2) is 42.5 Å². The number of nitrogens with zero attached hydrogens (tertiary/aromatic N) is 1. The van der Waals surface area contributed by atoms with Gasteiger partial charge in [-0.3, -0.25) is 14.4 Å². The Morgan fingerprint density at radius 3 is 1.83 bits per heavy atom. The second-order valence-corrected chi connectivity index (χ2v) is 20.3. The minimum absolute atomic E-state index is 0. The number of methoxy groups -OCH3 is 1. The minimum Gasteiger partial charge on any atom is -0.491 e. The molecule has 0 aromatic heterocycles. The smallest absolute Gasteiger partial charge is 0.335 e. The first-order valence-corrected chi connectivity index (χ1v) is 26.0. The highest BCUT2D eigenvalue weighted by molar-refractivity contribution is 14.1. The first-order valence-electron chi connectivity index (χ1n) is 22.7. The van der Waals surface area contributed by atoms with Gasteiger partial charge in [-0.05, 0) is 124 Å². The highest BCUT2D eigenvalue weighted by Crippen LogP contribution is 2.41. The molecule has 1 saturated heterocycles. The van der Waals surface area contributed by atoms with Crippen molar-refractivity contribution in [1.29, 1.82) is 0 Å². The van der Waals surface area contributed by atoms with Crippen LogP contribution in [-0.4, -0.2) is 184 Å². The van der Waals surface area contributed by atoms with E-state index in [1.54, 1.807) is 7.11 Å². The van der Waals surface area contributed by atoms with Gasteiger partial charge in [0.15, 0.2) is 18.5 Å². The average molecular weight is 1420 g/mol. The summed E-state index contributed by atoms with van der Waals surface area (Å²) in [5, 5.41) is 90.4. The summed E-state index contributed by atoms with van der Waals surface area (Å²) in [4.78, 5) is 57.9. The van der Waals surface area contributed by atoms with E-state index < -0.39 is 73.4 Å². The lowest BCUT2D eigenvalue weighted by molar-refractivity contribution is -0.252. The second kappa shape index (κ2) is 35.9. The first-order chi connectivity index (χ1) is 34.5. The summed E-state index contributed by atoms with van der Waals surface area (Å²) < 4.78 is 22.6. The number of benzene rings is 3. The van der Waals surface area contributed by atoms with Crippen molar-refractivity contribution in [2.75, 3.05) is 57.3 Å². The molecule has 0 radical (unpaired) electrons. The van der Waals surface area contributed by atoms with E-state index >= 15 is 0 Å². The average Bonchev–Trinajstić information content (AvgIpc) is 3.33. The highest BCUT2D eigenvalue weighted by Gasteiger charge is 2.45. The Hall–Kier alpha value is -3.35. The molecule has 3 aromatic carbocycles. The molecule has 1 aliphatic heterocycles. The number of carbonyl (C=O) groups is 5. The Morgan fingerprint density at radius 2 is 1.37 bits per heavy atom. The predicted molar refractivity (Wildman–Crippen MR) is 305 cm³/mol. The van der Waals surface area contributed by atoms with E-state index in [9.17, 15) is 49.5 Å². The van der Waals surface area contributed by atoms with E-state index in [4.69, 9.17) is 45.1 Å². The molecule has 4 rings (SSSR count). The number of carbonyl (C=O) groups excluding carboxylic acids is 3. The van der Waals surface area contributed by atoms with Crippen LogP contribution in [0.4, 0.5) is 11.4 Å². The predicted octanol–water partition coefficient (Wildman–Crippen LogP) is 1.91. The molecule has 3 aromatic rings. The third-order valence-corrected chi connectivity index (χ3v) is 13.4. The van der Waals surface area contributed by atoms with Gasteiger partial charge in [-0.25, -0.2) is 9.59 Å². The number of anilines is 2. The van der Waals surface area contributed by atoms with E-state index in [-0.39, 0.29) is 35.8 Å². The van der Waals surface area contributed by atoms with Gasteiger partial charge in [0.2, 0.25) is 11.8 Å². The topological polar surface area (TPSA) is 370 Å². The molecule has 14 N–H and O–H groups in total. The molecule has 23 nitrogen and oxygen atoms in total. The molecule has 75 heavy (non-hydrogen) atoms. The minimum atomic E-state index is -2.27. The quantitative estimate of drug-likeness (QED) is 0.0719. The maximum Gasteiger partial charge on any atom is 0.335 e. The van der Waals surface area contributed by atoms with Gasteiger partial charge >= 0.3 is 11.9 Å². The zero-order chi connectivity index (χ0) is 56.7. The van der Waals surface area contributed by atoms with Crippen LogP contribution in [0.2, 0.25) is 0 Å². The summed E-state index contributed by atoms with van der Waals surface area (Å²) in [7, 11) is 3.23. The van der Waals surface area contributed by atoms with Gasteiger partial charge in [-0.15, -0.1) is 12.4 Å². The van der Waals surface area contributed by atoms with E-state index in [0.717, 1.165) is 24.5 Å². The number of carboxylic acids is 2. The van der Waals surface area contributed by atoms with Crippen molar-refractivity contribution in [2.45, 2.75) is 116 Å². The maximum absolute atomic E-state index is 13.2. The molecule has 3 amide bonds. The number of aryl methyl sites for hydroxylation is 2. The van der Waals surface area contributed by atoms with E-state index in [0.29, 0.717) is 47.9 Å². The number of carboxylic acid groups (broad SMARTS) is 2. The van der Waals surface area contributed by atoms with Gasteiger partial charge in [0.1, 0.15) is 55.2 Å². The molecule has 0 aliphatic carbocycles. The Bertz CT molecular complexity index is 2250. The van der Waals surface area contributed by atoms with Crippen LogP contribution in [-0.2, 0) is 35.1 Å². The largest absolute Gasteiger partial charge is 0.491 e. The molecule has 9 atom stereocenters. The fourth-order valence-electron chi connectivity index (χ4n) is 6.17. The monoisotopic (exact) mass is 1420 g/mol. The Kier molecular flexibility index (Phi) is 34.3. The van der Waals surface area contributed by atoms with Crippen molar-refractivity contribution in [2.24, 2.45) is 5.73 Å². The lowest BCUT2D eigenvalue weighted by Gasteiger charge is -2.40. The molecule has 5 unspecified atom stereocenters. The summed E-state index contributed by atoms with van der Waals surface area (Å²) in [6.45, 7) is 14.3. The third-order valence-electron chi connectivity index (χ3n) is 10.3. The Morgan fingerprint density at radius 1 is 0.827 bits per heavy atom. The van der Waals surface area contributed by atoms with E-state index in [2.05, 4.69) is 16.0 Å². The van der Waals surface area contributed by atoms with E-state index in [1.807, 2.05) is 145 Å². The molecule has 1 fully saturated rings. The number of amides is 3. The molecule has 0 bridgehead atoms. The van der Waals surface area contributed by atoms with Crippen molar-refractivity contribution >= 4 is 121 Å². The molecule has 1 aliphatic rings. The fraction of sp³-hybridized carbons (Fsp3) is 0.521. The lowest BCUT2D eigenvalue weighted by atomic mass is 9.96. The lowest BCUT2D eigenvalue weighted by Crippen LogP contribution is -2.64. The van der Waals surface area contributed by atoms with Gasteiger partial charge in [0.25, 0.3) is 5.91 Å². The number of aliphatic carboxylic acids is 2. The number of rotatable bonds is 20. The number of aliphatic hydroxyl groups excluding tert-OH is 7. The Balaban J connectivity index is 0.00000108. The molecular formula is C48H71ClI3N5O18. The molecular weight excluding hydrogens is 1350 g/mol. The van der Waals surface area contributed by atoms with Crippen molar-refractivity contribution < 1.29 is 88.9 Å². The number of aliphatic hydroxyl groups is 7. The summed E-state index contributed by atoms with van der Waals surface area (Å²) in [5.41, 5.74) is 9.99. The summed E-state index contributed by atoms with van der Waals surface area (Å²) in [6.07, 6.45) is -10.2. The third kappa shape index (κ3) is 24.1. The first kappa shape index (κ1) is 71.7. The number of para-hydroxylation sites is 1. The number of halogens is 4. The standard InChI is InChI=1S/C18H22I3N3O8.C15H25NO3.C11H17NO.C4H6O6.ClH/c1-5(26)22-12-9(19)8(10(20)14(11(12)21)24(3)6(2)27)17(30)23-13-16(29)15(28)7(4-25)32-18(13)31;1-12(2)16-10-14(17)11-19-15-6-4-13(5-7-15)8-9-18-3;1-8-5-4-6-9(2)11(8)13-7-10(3)12;5-1(3(7)8)2(6)4(9)10;/h7,13,15-16,18,25,28-29,31H,4H2,1-3H3,(H,22,26)(H,23,30);4-7,12,14,16-17H,8-11H2,1-3H3;4-6,10H,7,12H2,1-3H3;1-2,5-6H,(H,7,8)(H,9,10);1H/t7-,13-,15-,16-,18?;;;;/m1..../s1. The number of hydrogen-bond acceptors (Lipinski definition) is 18. The van der Waals surface area contributed by atoms with Crippen LogP contribution in [0.3, 0.4) is 0 Å². The van der Waals surface area contributed by atoms with E-state index in [1.165, 1.54) is 42.5 Å². The molecule has 0 spiro atoms. The summed E-state index contributed by atoms with van der Waals surface area (Å²) >= 11 is 5.78. The molecule has 0 saturated carbocycles. The van der Waals surface area contributed by atoms with Crippen molar-refractivity contribution in [3.63, 3.8) is 0 Å². The van der Waals surface area contributed by atoms with Gasteiger partial charge in [-0.1, -0.05) is 44.2 Å². The van der Waals surface area contributed by atoms with Crippen LogP contribution < -0.4 is 36.1 Å². The van der Waals surface area contributed by atoms with Crippen LogP contribution in [0.25, 0.3) is 0 Å². The summed E-state index contributed by atoms with van der Waals surface area (Å²) in [6, 6.07) is 13.1. The number of ether oxygens (including phenoxy) is 4. The zero-order valence-electron chi connectivity index (χ0n) is 42.8. The van der Waals surface area contributed by atoms with Crippen LogP contribution in [0.5, 0.6) is 11.5 Å². The number of hydrogen-bond donors (Lipinski definition) is 13. The van der Waals surface area contributed by atoms with Gasteiger partial charge < -0.3 is 91.5 Å². The fourth-order valence-corrected chi connectivity index (χ4v) is 10.8. The van der Waals surface area contributed by atoms with Crippen molar-refractivity contribution in [1.82, 2.24) is 10.6 Å². The van der Waals surface area contributed by atoms with Gasteiger partial charge in [0, 0.05) is 46.6 Å². The number of nitrogens with two attached hydrogens (primary N) is 1. The van der Waals surface area contributed by atoms with Crippen LogP contribution in [0, 0.1) is 24.6 Å². The van der Waals surface area contributed by atoms with Gasteiger partial charge in [0.05, 0.1) is 40.9 Å². The second-order valence-electron chi connectivity index (χ2n) is 17.0. The van der Waals surface area contributed by atoms with Crippen molar-refractivity contribution in [3.8, 4) is 11.5 Å². The van der Waals surface area contributed by atoms with Gasteiger partial charge in [-0.2, -0.15) is 0 Å². The van der Waals surface area contributed by atoms with Crippen LogP contribution >= 0.6 is 80.2 Å². The SMILES string of the molecule is CC(=O)Nc1c(I)c(C(=O)N[C@H]2C(O)O[C@H](CO)[C@@H](O)[C@@H]2O)c(I)c(N(C)C(C)=O)c1I.COCCc1ccc(OCC(O)CNC(C)C)cc1.Cc1cccc(C)c1OCC(C)N.Cl.O=C(O)C(O)C(O)C(=O)O. The molecule has 27 heteroatoms. The Labute approximate surface area is 483 Å². The summed E-state index contributed by atoms with van der Waals surface area (Å²) in [5.74, 6) is -3.20. The van der Waals surface area contributed by atoms with Crippen molar-refractivity contribution in [3.05, 3.63) is 75.4 Å². The maximum atomic E-state index is 13.2. The van der Waals surface area contributed by atoms with Crippen LogP contribution in [0.1, 0.15) is 61.7 Å². The highest BCUT2D eigenvalue weighted by atomic mass is 127. The number of nitrogens with one attached hydrogen (secondary N) is 3. The molecule has 424 valence electrons. The normalized spacial score (nSPS) is 18.3.